The second kappa shape index (κ2) is 8.05. The lowest BCUT2D eigenvalue weighted by Gasteiger charge is -2.12. The standard InChI is InChI=1S/C19H20N4O2S/c1-13-6-4-5-7-16(13)18-21-22-19(25-18)26-12-17(24)20-14-8-10-15(11-9-14)23(2)3/h4-11H,12H2,1-3H3,(H,20,24). The van der Waals surface area contributed by atoms with Crippen molar-refractivity contribution >= 4 is 29.0 Å². The molecule has 0 saturated carbocycles. The lowest BCUT2D eigenvalue weighted by atomic mass is 10.1. The summed E-state index contributed by atoms with van der Waals surface area (Å²) in [6.45, 7) is 1.99. The molecule has 0 radical (unpaired) electrons. The highest BCUT2D eigenvalue weighted by Crippen LogP contribution is 2.25. The number of hydrogen-bond donors (Lipinski definition) is 1. The van der Waals surface area contributed by atoms with Crippen molar-refractivity contribution in [3.05, 3.63) is 54.1 Å². The minimum atomic E-state index is -0.122. The number of carbonyl (C=O) groups is 1. The number of amides is 1. The van der Waals surface area contributed by atoms with E-state index >= 15 is 0 Å². The maximum Gasteiger partial charge on any atom is 0.277 e. The Morgan fingerprint density at radius 1 is 1.12 bits per heavy atom. The average Bonchev–Trinajstić information content (AvgIpc) is 3.09. The van der Waals surface area contributed by atoms with Crippen LogP contribution >= 0.6 is 11.8 Å². The van der Waals surface area contributed by atoms with Crippen molar-refractivity contribution in [3.8, 4) is 11.5 Å². The molecule has 0 fully saturated rings. The molecule has 2 aromatic carbocycles. The van der Waals surface area contributed by atoms with E-state index in [0.717, 1.165) is 22.5 Å². The fourth-order valence-electron chi connectivity index (χ4n) is 2.36. The first-order chi connectivity index (χ1) is 12.5. The predicted molar refractivity (Wildman–Crippen MR) is 105 cm³/mol. The third-order valence-corrected chi connectivity index (χ3v) is 4.59. The van der Waals surface area contributed by atoms with Crippen molar-refractivity contribution < 1.29 is 9.21 Å². The van der Waals surface area contributed by atoms with Gasteiger partial charge in [-0.2, -0.15) is 0 Å². The quantitative estimate of drug-likeness (QED) is 0.667. The predicted octanol–water partition coefficient (Wildman–Crippen LogP) is 3.84. The Labute approximate surface area is 156 Å². The summed E-state index contributed by atoms with van der Waals surface area (Å²) in [4.78, 5) is 14.1. The van der Waals surface area contributed by atoms with Crippen molar-refractivity contribution in [1.29, 1.82) is 0 Å². The van der Waals surface area contributed by atoms with Crippen LogP contribution in [0, 0.1) is 6.92 Å². The van der Waals surface area contributed by atoms with Crippen LogP contribution in [-0.2, 0) is 4.79 Å². The van der Waals surface area contributed by atoms with Gasteiger partial charge in [-0.25, -0.2) is 0 Å². The van der Waals surface area contributed by atoms with Crippen LogP contribution in [0.5, 0.6) is 0 Å². The third kappa shape index (κ3) is 4.43. The number of hydrogen-bond acceptors (Lipinski definition) is 6. The Balaban J connectivity index is 1.56. The van der Waals surface area contributed by atoms with E-state index in [1.54, 1.807) is 0 Å². The molecular weight excluding hydrogens is 348 g/mol. The maximum atomic E-state index is 12.1. The van der Waals surface area contributed by atoms with Crippen molar-refractivity contribution in [3.63, 3.8) is 0 Å². The number of thioether (sulfide) groups is 1. The third-order valence-electron chi connectivity index (χ3n) is 3.78. The molecule has 7 heteroatoms. The van der Waals surface area contributed by atoms with E-state index < -0.39 is 0 Å². The fraction of sp³-hybridized carbons (Fsp3) is 0.211. The van der Waals surface area contributed by atoms with E-state index in [4.69, 9.17) is 4.42 Å². The molecule has 134 valence electrons. The van der Waals surface area contributed by atoms with E-state index in [-0.39, 0.29) is 11.7 Å². The fourth-order valence-corrected chi connectivity index (χ4v) is 2.92. The summed E-state index contributed by atoms with van der Waals surface area (Å²) >= 11 is 1.22. The molecule has 0 spiro atoms. The van der Waals surface area contributed by atoms with E-state index in [2.05, 4.69) is 15.5 Å². The Hall–Kier alpha value is -2.80. The molecule has 3 aromatic rings. The second-order valence-corrected chi connectivity index (χ2v) is 6.89. The number of benzene rings is 2. The van der Waals surface area contributed by atoms with Crippen LogP contribution in [0.3, 0.4) is 0 Å². The summed E-state index contributed by atoms with van der Waals surface area (Å²) in [7, 11) is 3.94. The zero-order valence-electron chi connectivity index (χ0n) is 14.9. The summed E-state index contributed by atoms with van der Waals surface area (Å²) in [5.74, 6) is 0.540. The molecular formula is C19H20N4O2S. The summed E-state index contributed by atoms with van der Waals surface area (Å²) < 4.78 is 5.65. The normalized spacial score (nSPS) is 10.6. The van der Waals surface area contributed by atoms with Gasteiger partial charge in [-0.1, -0.05) is 30.0 Å². The number of nitrogens with zero attached hydrogens (tertiary/aromatic N) is 3. The molecule has 0 aliphatic rings. The number of anilines is 2. The van der Waals surface area contributed by atoms with Crippen molar-refractivity contribution in [2.75, 3.05) is 30.1 Å². The van der Waals surface area contributed by atoms with Gasteiger partial charge in [-0.15, -0.1) is 10.2 Å². The Morgan fingerprint density at radius 3 is 2.54 bits per heavy atom. The highest BCUT2D eigenvalue weighted by atomic mass is 32.2. The van der Waals surface area contributed by atoms with Crippen LogP contribution in [0.25, 0.3) is 11.5 Å². The monoisotopic (exact) mass is 368 g/mol. The Morgan fingerprint density at radius 2 is 1.85 bits per heavy atom. The molecule has 0 unspecified atom stereocenters. The van der Waals surface area contributed by atoms with Gasteiger partial charge in [-0.05, 0) is 42.8 Å². The average molecular weight is 368 g/mol. The first kappa shape index (κ1) is 18.0. The smallest absolute Gasteiger partial charge is 0.277 e. The molecule has 0 atom stereocenters. The largest absolute Gasteiger partial charge is 0.411 e. The van der Waals surface area contributed by atoms with Crippen LogP contribution in [0.1, 0.15) is 5.56 Å². The van der Waals surface area contributed by atoms with Gasteiger partial charge in [0.15, 0.2) is 0 Å². The first-order valence-corrected chi connectivity index (χ1v) is 9.11. The van der Waals surface area contributed by atoms with Crippen molar-refractivity contribution in [1.82, 2.24) is 10.2 Å². The minimum absolute atomic E-state index is 0.122. The number of aryl methyl sites for hydroxylation is 1. The lowest BCUT2D eigenvalue weighted by Crippen LogP contribution is -2.14. The van der Waals surface area contributed by atoms with Gasteiger partial charge in [0, 0.05) is 31.0 Å². The molecule has 0 bridgehead atoms. The van der Waals surface area contributed by atoms with Gasteiger partial charge < -0.3 is 14.6 Å². The van der Waals surface area contributed by atoms with Crippen molar-refractivity contribution in [2.45, 2.75) is 12.1 Å². The van der Waals surface area contributed by atoms with Crippen LogP contribution in [-0.4, -0.2) is 36.0 Å². The molecule has 3 rings (SSSR count). The molecule has 6 nitrogen and oxygen atoms in total. The number of aromatic nitrogens is 2. The van der Waals surface area contributed by atoms with Gasteiger partial charge in [-0.3, -0.25) is 4.79 Å². The number of nitrogens with one attached hydrogen (secondary N) is 1. The number of rotatable bonds is 6. The highest BCUT2D eigenvalue weighted by Gasteiger charge is 2.12. The molecule has 1 heterocycles. The summed E-state index contributed by atoms with van der Waals surface area (Å²) in [5, 5.41) is 11.3. The Kier molecular flexibility index (Phi) is 5.58. The zero-order chi connectivity index (χ0) is 18.5. The molecule has 0 aliphatic carbocycles. The minimum Gasteiger partial charge on any atom is -0.411 e. The van der Waals surface area contributed by atoms with Gasteiger partial charge >= 0.3 is 0 Å². The maximum absolute atomic E-state index is 12.1. The molecule has 1 amide bonds. The molecule has 1 N–H and O–H groups in total. The van der Waals surface area contributed by atoms with E-state index in [0.29, 0.717) is 11.1 Å². The zero-order valence-corrected chi connectivity index (χ0v) is 15.7. The van der Waals surface area contributed by atoms with Gasteiger partial charge in [0.2, 0.25) is 11.8 Å². The van der Waals surface area contributed by atoms with Crippen LogP contribution in [0.2, 0.25) is 0 Å². The van der Waals surface area contributed by atoms with Gasteiger partial charge in [0.1, 0.15) is 0 Å². The lowest BCUT2D eigenvalue weighted by molar-refractivity contribution is -0.113. The second-order valence-electron chi connectivity index (χ2n) is 5.97. The van der Waals surface area contributed by atoms with E-state index in [9.17, 15) is 4.79 Å². The van der Waals surface area contributed by atoms with E-state index in [1.165, 1.54) is 11.8 Å². The molecule has 1 aromatic heterocycles. The van der Waals surface area contributed by atoms with Crippen LogP contribution in [0.4, 0.5) is 11.4 Å². The van der Waals surface area contributed by atoms with Gasteiger partial charge in [0.25, 0.3) is 5.22 Å². The highest BCUT2D eigenvalue weighted by molar-refractivity contribution is 7.99. The summed E-state index contributed by atoms with van der Waals surface area (Å²) in [6.07, 6.45) is 0. The van der Waals surface area contributed by atoms with Crippen molar-refractivity contribution in [2.24, 2.45) is 0 Å². The molecule has 0 saturated heterocycles. The molecule has 26 heavy (non-hydrogen) atoms. The van der Waals surface area contributed by atoms with Crippen LogP contribution in [0.15, 0.2) is 58.2 Å². The first-order valence-electron chi connectivity index (χ1n) is 8.12. The topological polar surface area (TPSA) is 71.3 Å². The Bertz CT molecular complexity index is 891. The van der Waals surface area contributed by atoms with E-state index in [1.807, 2.05) is 74.4 Å². The van der Waals surface area contributed by atoms with Crippen LogP contribution < -0.4 is 10.2 Å². The number of carbonyl (C=O) groups excluding carboxylic acids is 1. The summed E-state index contributed by atoms with van der Waals surface area (Å²) in [5.41, 5.74) is 3.79. The molecule has 0 aliphatic heterocycles. The SMILES string of the molecule is Cc1ccccc1-c1nnc(SCC(=O)Nc2ccc(N(C)C)cc2)o1. The van der Waals surface area contributed by atoms with Gasteiger partial charge in [0.05, 0.1) is 5.75 Å². The summed E-state index contributed by atoms with van der Waals surface area (Å²) in [6, 6.07) is 15.5.